The molecule has 0 aromatic heterocycles. The first-order chi connectivity index (χ1) is 13.1. The number of nitrogens with one attached hydrogen (secondary N) is 2. The zero-order valence-electron chi connectivity index (χ0n) is 15.0. The lowest BCUT2D eigenvalue weighted by molar-refractivity contribution is -0.929. The van der Waals surface area contributed by atoms with Gasteiger partial charge in [0.25, 0.3) is 11.6 Å². The van der Waals surface area contributed by atoms with Gasteiger partial charge in [0.15, 0.2) is 6.04 Å². The minimum absolute atomic E-state index is 0.00467. The first-order valence-corrected chi connectivity index (χ1v) is 8.70. The Labute approximate surface area is 156 Å². The molecular weight excluding hydrogens is 350 g/mol. The van der Waals surface area contributed by atoms with Crippen LogP contribution in [0.4, 0.5) is 11.4 Å². The predicted octanol–water partition coefficient (Wildman–Crippen LogP) is 1.20. The molecule has 1 saturated heterocycles. The molecule has 1 amide bonds. The largest absolute Gasteiger partial charge is 0.497 e. The Hall–Kier alpha value is -2.97. The van der Waals surface area contributed by atoms with E-state index in [0.29, 0.717) is 37.7 Å². The third-order valence-electron chi connectivity index (χ3n) is 4.60. The van der Waals surface area contributed by atoms with E-state index in [9.17, 15) is 14.9 Å². The van der Waals surface area contributed by atoms with Gasteiger partial charge in [0.05, 0.1) is 25.2 Å². The molecule has 0 saturated carbocycles. The van der Waals surface area contributed by atoms with Crippen LogP contribution < -0.4 is 15.0 Å². The van der Waals surface area contributed by atoms with Crippen LogP contribution >= 0.6 is 0 Å². The number of quaternary nitrogens is 1. The molecule has 0 bridgehead atoms. The van der Waals surface area contributed by atoms with Crippen molar-refractivity contribution in [3.63, 3.8) is 0 Å². The molecule has 1 aliphatic rings. The summed E-state index contributed by atoms with van der Waals surface area (Å²) >= 11 is 0. The molecule has 1 heterocycles. The first-order valence-electron chi connectivity index (χ1n) is 8.70. The number of methoxy groups -OCH3 is 1. The molecule has 2 aromatic rings. The van der Waals surface area contributed by atoms with Crippen molar-refractivity contribution in [1.82, 2.24) is 0 Å². The normalized spacial score (nSPS) is 15.7. The minimum Gasteiger partial charge on any atom is -0.497 e. The Bertz CT molecular complexity index is 786. The maximum absolute atomic E-state index is 13.0. The van der Waals surface area contributed by atoms with E-state index < -0.39 is 11.0 Å². The van der Waals surface area contributed by atoms with Gasteiger partial charge in [-0.15, -0.1) is 0 Å². The van der Waals surface area contributed by atoms with Crippen LogP contribution in [0.15, 0.2) is 48.5 Å². The van der Waals surface area contributed by atoms with Crippen molar-refractivity contribution in [2.75, 3.05) is 38.7 Å². The number of nitro groups is 1. The van der Waals surface area contributed by atoms with Crippen LogP contribution in [0.5, 0.6) is 5.75 Å². The minimum atomic E-state index is -0.475. The second-order valence-electron chi connectivity index (χ2n) is 6.27. The highest BCUT2D eigenvalue weighted by Crippen LogP contribution is 2.20. The van der Waals surface area contributed by atoms with E-state index >= 15 is 0 Å². The number of anilines is 1. The van der Waals surface area contributed by atoms with E-state index in [-0.39, 0.29) is 11.6 Å². The molecule has 8 nitrogen and oxygen atoms in total. The Morgan fingerprint density at radius 3 is 2.33 bits per heavy atom. The first kappa shape index (κ1) is 18.8. The number of hydrogen-bond acceptors (Lipinski definition) is 5. The number of ether oxygens (including phenoxy) is 2. The van der Waals surface area contributed by atoms with E-state index in [1.807, 2.05) is 0 Å². The number of benzene rings is 2. The molecular formula is C19H22N3O5+. The lowest BCUT2D eigenvalue weighted by Gasteiger charge is -2.30. The van der Waals surface area contributed by atoms with Gasteiger partial charge in [-0.3, -0.25) is 14.9 Å². The van der Waals surface area contributed by atoms with Gasteiger partial charge in [-0.1, -0.05) is 0 Å². The molecule has 1 fully saturated rings. The number of non-ortho nitro benzene ring substituents is 1. The molecule has 0 spiro atoms. The van der Waals surface area contributed by atoms with Gasteiger partial charge < -0.3 is 19.7 Å². The monoisotopic (exact) mass is 372 g/mol. The van der Waals surface area contributed by atoms with Gasteiger partial charge in [0, 0.05) is 23.4 Å². The lowest BCUT2D eigenvalue weighted by Crippen LogP contribution is -3.15. The number of carbonyl (C=O) groups is 1. The van der Waals surface area contributed by atoms with E-state index in [1.165, 1.54) is 12.1 Å². The fourth-order valence-corrected chi connectivity index (χ4v) is 3.17. The highest BCUT2D eigenvalue weighted by molar-refractivity contribution is 5.94. The van der Waals surface area contributed by atoms with Crippen molar-refractivity contribution in [1.29, 1.82) is 0 Å². The molecule has 2 N–H and O–H groups in total. The summed E-state index contributed by atoms with van der Waals surface area (Å²) in [5.74, 6) is 0.546. The van der Waals surface area contributed by atoms with Gasteiger partial charge in [0.2, 0.25) is 0 Å². The standard InChI is InChI=1S/C19H21N3O5/c1-26-17-8-4-15(5-9-17)20-19(23)18(21-10-12-27-13-11-21)14-2-6-16(7-3-14)22(24)25/h2-9,18H,10-13H2,1H3,(H,20,23)/p+1/t18-/m1/s1. The lowest BCUT2D eigenvalue weighted by atomic mass is 10.0. The molecule has 142 valence electrons. The molecule has 8 heteroatoms. The van der Waals surface area contributed by atoms with Crippen molar-refractivity contribution in [3.8, 4) is 5.75 Å². The van der Waals surface area contributed by atoms with Crippen molar-refractivity contribution >= 4 is 17.3 Å². The fraction of sp³-hybridized carbons (Fsp3) is 0.316. The van der Waals surface area contributed by atoms with Crippen molar-refractivity contribution in [2.45, 2.75) is 6.04 Å². The van der Waals surface area contributed by atoms with Crippen molar-refractivity contribution in [2.24, 2.45) is 0 Å². The number of nitrogens with zero attached hydrogens (tertiary/aromatic N) is 1. The summed E-state index contributed by atoms with van der Waals surface area (Å²) in [6, 6.07) is 12.8. The Morgan fingerprint density at radius 2 is 1.78 bits per heavy atom. The van der Waals surface area contributed by atoms with Crippen LogP contribution in [0.2, 0.25) is 0 Å². The summed E-state index contributed by atoms with van der Waals surface area (Å²) in [4.78, 5) is 24.6. The average molecular weight is 372 g/mol. The SMILES string of the molecule is COc1ccc(NC(=O)[C@@H](c2ccc([N+](=O)[O-])cc2)[NH+]2CCOCC2)cc1. The predicted molar refractivity (Wildman–Crippen MR) is 99.0 cm³/mol. The van der Waals surface area contributed by atoms with E-state index in [4.69, 9.17) is 9.47 Å². The molecule has 0 radical (unpaired) electrons. The second kappa shape index (κ2) is 8.61. The van der Waals surface area contributed by atoms with Gasteiger partial charge in [0.1, 0.15) is 18.8 Å². The number of rotatable bonds is 6. The van der Waals surface area contributed by atoms with Gasteiger partial charge in [-0.05, 0) is 36.4 Å². The van der Waals surface area contributed by atoms with E-state index in [2.05, 4.69) is 5.32 Å². The molecule has 1 aliphatic heterocycles. The smallest absolute Gasteiger partial charge is 0.287 e. The third kappa shape index (κ3) is 4.60. The van der Waals surface area contributed by atoms with Crippen LogP contribution in [0, 0.1) is 10.1 Å². The highest BCUT2D eigenvalue weighted by Gasteiger charge is 2.33. The fourth-order valence-electron chi connectivity index (χ4n) is 3.17. The number of morpholine rings is 1. The molecule has 0 aliphatic carbocycles. The maximum Gasteiger partial charge on any atom is 0.287 e. The van der Waals surface area contributed by atoms with Crippen molar-refractivity contribution < 1.29 is 24.1 Å². The molecule has 2 aromatic carbocycles. The summed E-state index contributed by atoms with van der Waals surface area (Å²) in [5, 5.41) is 13.8. The molecule has 27 heavy (non-hydrogen) atoms. The maximum atomic E-state index is 13.0. The third-order valence-corrected chi connectivity index (χ3v) is 4.60. The Kier molecular flexibility index (Phi) is 6.00. The summed E-state index contributed by atoms with van der Waals surface area (Å²) in [5.41, 5.74) is 1.41. The molecule has 0 unspecified atom stereocenters. The van der Waals surface area contributed by atoms with E-state index in [1.54, 1.807) is 43.5 Å². The molecule has 3 rings (SSSR count). The van der Waals surface area contributed by atoms with Crippen LogP contribution in [-0.4, -0.2) is 44.2 Å². The van der Waals surface area contributed by atoms with Gasteiger partial charge in [-0.2, -0.15) is 0 Å². The van der Waals surface area contributed by atoms with Crippen LogP contribution in [0.1, 0.15) is 11.6 Å². The topological polar surface area (TPSA) is 95.1 Å². The summed E-state index contributed by atoms with van der Waals surface area (Å²) in [7, 11) is 1.58. The summed E-state index contributed by atoms with van der Waals surface area (Å²) in [6.07, 6.45) is 0. The zero-order chi connectivity index (χ0) is 19.2. The second-order valence-corrected chi connectivity index (χ2v) is 6.27. The quantitative estimate of drug-likeness (QED) is 0.587. The highest BCUT2D eigenvalue weighted by atomic mass is 16.6. The summed E-state index contributed by atoms with van der Waals surface area (Å²) in [6.45, 7) is 2.54. The average Bonchev–Trinajstić information content (AvgIpc) is 2.70. The van der Waals surface area contributed by atoms with Gasteiger partial charge >= 0.3 is 0 Å². The molecule has 1 atom stereocenters. The van der Waals surface area contributed by atoms with Crippen molar-refractivity contribution in [3.05, 3.63) is 64.2 Å². The summed E-state index contributed by atoms with van der Waals surface area (Å²) < 4.78 is 10.5. The Balaban J connectivity index is 1.83. The number of nitro benzene ring substituents is 1. The van der Waals surface area contributed by atoms with E-state index in [0.717, 1.165) is 10.5 Å². The van der Waals surface area contributed by atoms with Gasteiger partial charge in [-0.25, -0.2) is 0 Å². The zero-order valence-corrected chi connectivity index (χ0v) is 15.0. The Morgan fingerprint density at radius 1 is 1.15 bits per heavy atom. The number of carbonyl (C=O) groups excluding carboxylic acids is 1. The number of amides is 1. The van der Waals surface area contributed by atoms with Crippen LogP contribution in [0.25, 0.3) is 0 Å². The van der Waals surface area contributed by atoms with Crippen LogP contribution in [-0.2, 0) is 9.53 Å². The van der Waals surface area contributed by atoms with Crippen LogP contribution in [0.3, 0.4) is 0 Å². The number of hydrogen-bond donors (Lipinski definition) is 2.